The smallest absolute Gasteiger partial charge is 0.185 e. The maximum Gasteiger partial charge on any atom is 0.185 e. The number of hydrogen-bond acceptors (Lipinski definition) is 3. The first-order valence-corrected chi connectivity index (χ1v) is 5.77. The molecule has 1 N–H and O–H groups in total. The van der Waals surface area contributed by atoms with Crippen LogP contribution in [0.3, 0.4) is 0 Å². The largest absolute Gasteiger partial charge is 0.387 e. The summed E-state index contributed by atoms with van der Waals surface area (Å²) in [5.74, 6) is -1.76. The molecule has 0 fully saturated rings. The third kappa shape index (κ3) is 1.54. The summed E-state index contributed by atoms with van der Waals surface area (Å²) in [4.78, 5) is 4.25. The molecule has 5 heteroatoms. The molecular weight excluding hydrogens is 238 g/mol. The van der Waals surface area contributed by atoms with Crippen molar-refractivity contribution in [3.8, 4) is 0 Å². The molecule has 1 aromatic carbocycles. The van der Waals surface area contributed by atoms with E-state index in [0.29, 0.717) is 25.0 Å². The summed E-state index contributed by atoms with van der Waals surface area (Å²) >= 11 is 0. The normalized spacial score (nSPS) is 14.6. The number of fused-ring (bicyclic) bond motifs is 2. The van der Waals surface area contributed by atoms with Crippen molar-refractivity contribution in [2.75, 3.05) is 19.0 Å². The molecule has 2 aromatic rings. The number of nitrogens with zero attached hydrogens (tertiary/aromatic N) is 1. The molecule has 1 aromatic heterocycles. The van der Waals surface area contributed by atoms with Gasteiger partial charge in [-0.3, -0.25) is 0 Å². The number of benzene rings is 1. The molecule has 1 aliphatic rings. The molecule has 0 amide bonds. The highest BCUT2D eigenvalue weighted by Gasteiger charge is 2.20. The highest BCUT2D eigenvalue weighted by atomic mass is 19.2. The van der Waals surface area contributed by atoms with Crippen LogP contribution >= 0.6 is 0 Å². The van der Waals surface area contributed by atoms with E-state index >= 15 is 0 Å². The molecule has 0 saturated heterocycles. The SMILES string of the molecule is CNc1c2c(nc3c(F)c(F)ccc13)CCOC2. The molecule has 1 aliphatic heterocycles. The predicted octanol–water partition coefficient (Wildman–Crippen LogP) is 2.63. The lowest BCUT2D eigenvalue weighted by Gasteiger charge is -2.21. The number of hydrogen-bond donors (Lipinski definition) is 1. The predicted molar refractivity (Wildman–Crippen MR) is 64.6 cm³/mol. The minimum atomic E-state index is -0.890. The Bertz CT molecular complexity index is 628. The van der Waals surface area contributed by atoms with E-state index in [0.717, 1.165) is 23.0 Å². The quantitative estimate of drug-likeness (QED) is 0.844. The van der Waals surface area contributed by atoms with Crippen molar-refractivity contribution >= 4 is 16.6 Å². The summed E-state index contributed by atoms with van der Waals surface area (Å²) in [6.07, 6.45) is 0.621. The molecule has 3 rings (SSSR count). The summed E-state index contributed by atoms with van der Waals surface area (Å²) in [7, 11) is 1.75. The Labute approximate surface area is 103 Å². The lowest BCUT2D eigenvalue weighted by Crippen LogP contribution is -2.15. The fourth-order valence-electron chi connectivity index (χ4n) is 2.35. The van der Waals surface area contributed by atoms with Gasteiger partial charge in [-0.1, -0.05) is 0 Å². The molecular formula is C13H12F2N2O. The van der Waals surface area contributed by atoms with E-state index in [2.05, 4.69) is 10.3 Å². The van der Waals surface area contributed by atoms with Crippen LogP contribution in [0, 0.1) is 11.6 Å². The maximum absolute atomic E-state index is 13.8. The minimum absolute atomic E-state index is 0.0833. The van der Waals surface area contributed by atoms with Crippen molar-refractivity contribution < 1.29 is 13.5 Å². The average Bonchev–Trinajstić information content (AvgIpc) is 2.41. The van der Waals surface area contributed by atoms with Gasteiger partial charge in [-0.15, -0.1) is 0 Å². The Morgan fingerprint density at radius 1 is 1.33 bits per heavy atom. The molecule has 0 spiro atoms. The average molecular weight is 250 g/mol. The first kappa shape index (κ1) is 11.3. The fourth-order valence-corrected chi connectivity index (χ4v) is 2.35. The van der Waals surface area contributed by atoms with E-state index in [-0.39, 0.29) is 5.52 Å². The van der Waals surface area contributed by atoms with Crippen LogP contribution < -0.4 is 5.32 Å². The van der Waals surface area contributed by atoms with E-state index in [1.807, 2.05) is 0 Å². The lowest BCUT2D eigenvalue weighted by molar-refractivity contribution is 0.110. The number of nitrogens with one attached hydrogen (secondary N) is 1. The number of anilines is 1. The van der Waals surface area contributed by atoms with Crippen molar-refractivity contribution in [1.82, 2.24) is 4.98 Å². The number of ether oxygens (including phenoxy) is 1. The number of pyridine rings is 1. The summed E-state index contributed by atoms with van der Waals surface area (Å²) in [6.45, 7) is 1.01. The second-order valence-corrected chi connectivity index (χ2v) is 4.22. The van der Waals surface area contributed by atoms with Crippen LogP contribution in [-0.2, 0) is 17.8 Å². The van der Waals surface area contributed by atoms with E-state index in [1.54, 1.807) is 13.1 Å². The van der Waals surface area contributed by atoms with Crippen LogP contribution in [0.1, 0.15) is 11.3 Å². The number of aromatic nitrogens is 1. The fraction of sp³-hybridized carbons (Fsp3) is 0.308. The van der Waals surface area contributed by atoms with Gasteiger partial charge < -0.3 is 10.1 Å². The number of halogens is 2. The topological polar surface area (TPSA) is 34.2 Å². The molecule has 2 heterocycles. The first-order valence-electron chi connectivity index (χ1n) is 5.77. The Balaban J connectivity index is 2.40. The molecule has 0 bridgehead atoms. The van der Waals surface area contributed by atoms with Crippen molar-refractivity contribution in [2.45, 2.75) is 13.0 Å². The van der Waals surface area contributed by atoms with E-state index in [4.69, 9.17) is 4.74 Å². The molecule has 94 valence electrons. The lowest BCUT2D eigenvalue weighted by atomic mass is 10.0. The van der Waals surface area contributed by atoms with Crippen molar-refractivity contribution in [2.24, 2.45) is 0 Å². The molecule has 0 atom stereocenters. The van der Waals surface area contributed by atoms with Crippen molar-refractivity contribution in [3.63, 3.8) is 0 Å². The van der Waals surface area contributed by atoms with Crippen LogP contribution in [0.2, 0.25) is 0 Å². The van der Waals surface area contributed by atoms with E-state index in [9.17, 15) is 8.78 Å². The minimum Gasteiger partial charge on any atom is -0.387 e. The molecule has 0 aliphatic carbocycles. The van der Waals surface area contributed by atoms with Gasteiger partial charge in [0, 0.05) is 24.4 Å². The summed E-state index contributed by atoms with van der Waals surface area (Å²) in [6, 6.07) is 2.66. The van der Waals surface area contributed by atoms with Gasteiger partial charge in [0.2, 0.25) is 0 Å². The zero-order valence-corrected chi connectivity index (χ0v) is 9.89. The van der Waals surface area contributed by atoms with Gasteiger partial charge >= 0.3 is 0 Å². The van der Waals surface area contributed by atoms with Crippen LogP contribution in [0.15, 0.2) is 12.1 Å². The van der Waals surface area contributed by atoms with Gasteiger partial charge in [-0.2, -0.15) is 0 Å². The van der Waals surface area contributed by atoms with Crippen LogP contribution in [0.4, 0.5) is 14.5 Å². The van der Waals surface area contributed by atoms with Gasteiger partial charge in [-0.25, -0.2) is 13.8 Å². The van der Waals surface area contributed by atoms with Crippen molar-refractivity contribution in [1.29, 1.82) is 0 Å². The molecule has 0 unspecified atom stereocenters. The number of rotatable bonds is 1. The zero-order valence-electron chi connectivity index (χ0n) is 9.89. The van der Waals surface area contributed by atoms with Gasteiger partial charge in [0.25, 0.3) is 0 Å². The van der Waals surface area contributed by atoms with Crippen LogP contribution in [0.5, 0.6) is 0 Å². The van der Waals surface area contributed by atoms with E-state index in [1.165, 1.54) is 0 Å². The third-order valence-corrected chi connectivity index (χ3v) is 3.21. The first-order chi connectivity index (χ1) is 8.72. The van der Waals surface area contributed by atoms with Gasteiger partial charge in [0.05, 0.1) is 24.6 Å². The second-order valence-electron chi connectivity index (χ2n) is 4.22. The standard InChI is InChI=1S/C13H12F2N2O/c1-16-12-7-2-3-9(14)11(15)13(7)17-10-4-5-18-6-8(10)12/h2-3H,4-6H2,1H3,(H,16,17). The van der Waals surface area contributed by atoms with Crippen molar-refractivity contribution in [3.05, 3.63) is 35.0 Å². The Kier molecular flexibility index (Phi) is 2.63. The third-order valence-electron chi connectivity index (χ3n) is 3.21. The maximum atomic E-state index is 13.8. The Hall–Kier alpha value is -1.75. The molecule has 0 radical (unpaired) electrons. The van der Waals surface area contributed by atoms with E-state index < -0.39 is 11.6 Å². The Morgan fingerprint density at radius 3 is 2.94 bits per heavy atom. The molecule has 3 nitrogen and oxygen atoms in total. The van der Waals surface area contributed by atoms with Gasteiger partial charge in [0.1, 0.15) is 5.52 Å². The summed E-state index contributed by atoms with van der Waals surface area (Å²) < 4.78 is 32.4. The zero-order chi connectivity index (χ0) is 12.7. The Morgan fingerprint density at radius 2 is 2.17 bits per heavy atom. The van der Waals surface area contributed by atoms with Crippen LogP contribution in [0.25, 0.3) is 10.9 Å². The van der Waals surface area contributed by atoms with Gasteiger partial charge in [-0.05, 0) is 12.1 Å². The molecule has 0 saturated carbocycles. The molecule has 18 heavy (non-hydrogen) atoms. The second kappa shape index (κ2) is 4.17. The van der Waals surface area contributed by atoms with Crippen LogP contribution in [-0.4, -0.2) is 18.6 Å². The highest BCUT2D eigenvalue weighted by Crippen LogP contribution is 2.32. The summed E-state index contributed by atoms with van der Waals surface area (Å²) in [5, 5.41) is 3.62. The summed E-state index contributed by atoms with van der Waals surface area (Å²) in [5.41, 5.74) is 2.57. The monoisotopic (exact) mass is 250 g/mol. The highest BCUT2D eigenvalue weighted by molar-refractivity contribution is 5.93. The van der Waals surface area contributed by atoms with Gasteiger partial charge in [0.15, 0.2) is 11.6 Å².